The number of fused-ring (bicyclic) bond motifs is 1. The summed E-state index contributed by atoms with van der Waals surface area (Å²) in [6, 6.07) is 3.88. The number of nitrogens with zero attached hydrogens (tertiary/aromatic N) is 1. The highest BCUT2D eigenvalue weighted by molar-refractivity contribution is 7.17. The molecule has 0 saturated carbocycles. The molecule has 0 aromatic carbocycles. The second-order valence-electron chi connectivity index (χ2n) is 3.76. The Morgan fingerprint density at radius 1 is 1.41 bits per heavy atom. The van der Waals surface area contributed by atoms with Crippen LogP contribution in [0.25, 0.3) is 10.1 Å². The normalized spacial score (nSPS) is 11.1. The van der Waals surface area contributed by atoms with E-state index < -0.39 is 0 Å². The zero-order valence-corrected chi connectivity index (χ0v) is 10.6. The predicted molar refractivity (Wildman–Crippen MR) is 70.8 cm³/mol. The summed E-state index contributed by atoms with van der Waals surface area (Å²) < 4.78 is 7.73. The van der Waals surface area contributed by atoms with E-state index in [0.29, 0.717) is 13.2 Å². The zero-order chi connectivity index (χ0) is 12.1. The van der Waals surface area contributed by atoms with Crippen molar-refractivity contribution in [2.45, 2.75) is 6.54 Å². The van der Waals surface area contributed by atoms with Crippen molar-refractivity contribution < 1.29 is 4.74 Å². The van der Waals surface area contributed by atoms with E-state index in [2.05, 4.69) is 5.32 Å². The van der Waals surface area contributed by atoms with Crippen LogP contribution in [-0.2, 0) is 11.3 Å². The van der Waals surface area contributed by atoms with Crippen LogP contribution in [0, 0.1) is 0 Å². The van der Waals surface area contributed by atoms with E-state index >= 15 is 0 Å². The Morgan fingerprint density at radius 3 is 3.12 bits per heavy atom. The van der Waals surface area contributed by atoms with Crippen molar-refractivity contribution >= 4 is 21.4 Å². The Kier molecular flexibility index (Phi) is 4.30. The van der Waals surface area contributed by atoms with E-state index in [9.17, 15) is 4.79 Å². The molecule has 0 aliphatic carbocycles. The largest absolute Gasteiger partial charge is 0.383 e. The first kappa shape index (κ1) is 12.3. The Morgan fingerprint density at radius 2 is 2.29 bits per heavy atom. The Bertz CT molecular complexity index is 533. The lowest BCUT2D eigenvalue weighted by Gasteiger charge is -2.07. The van der Waals surface area contributed by atoms with Crippen LogP contribution in [0.2, 0.25) is 0 Å². The molecule has 2 aromatic heterocycles. The molecule has 0 atom stereocenters. The SMILES string of the molecule is COCCNCCn1ccc2sccc2c1=O. The van der Waals surface area contributed by atoms with Gasteiger partial charge in [0.05, 0.1) is 12.0 Å². The lowest BCUT2D eigenvalue weighted by Crippen LogP contribution is -2.28. The maximum absolute atomic E-state index is 12.0. The van der Waals surface area contributed by atoms with Crippen molar-refractivity contribution in [1.82, 2.24) is 9.88 Å². The van der Waals surface area contributed by atoms with E-state index in [1.54, 1.807) is 23.0 Å². The number of nitrogens with one attached hydrogen (secondary N) is 1. The summed E-state index contributed by atoms with van der Waals surface area (Å²) in [4.78, 5) is 12.0. The van der Waals surface area contributed by atoms with Crippen molar-refractivity contribution in [3.63, 3.8) is 0 Å². The Labute approximate surface area is 104 Å². The van der Waals surface area contributed by atoms with E-state index in [-0.39, 0.29) is 5.56 Å². The van der Waals surface area contributed by atoms with Crippen LogP contribution in [0.4, 0.5) is 0 Å². The van der Waals surface area contributed by atoms with Gasteiger partial charge >= 0.3 is 0 Å². The summed E-state index contributed by atoms with van der Waals surface area (Å²) in [6.07, 6.45) is 1.86. The van der Waals surface area contributed by atoms with Crippen LogP contribution in [0.1, 0.15) is 0 Å². The molecule has 17 heavy (non-hydrogen) atoms. The smallest absolute Gasteiger partial charge is 0.259 e. The van der Waals surface area contributed by atoms with Gasteiger partial charge in [-0.05, 0) is 17.5 Å². The van der Waals surface area contributed by atoms with Gasteiger partial charge in [-0.2, -0.15) is 0 Å². The number of ether oxygens (including phenoxy) is 1. The third kappa shape index (κ3) is 2.94. The molecular weight excluding hydrogens is 236 g/mol. The molecule has 5 heteroatoms. The monoisotopic (exact) mass is 252 g/mol. The number of hydrogen-bond donors (Lipinski definition) is 1. The molecule has 0 radical (unpaired) electrons. The molecule has 92 valence electrons. The van der Waals surface area contributed by atoms with Crippen molar-refractivity contribution in [3.05, 3.63) is 34.1 Å². The van der Waals surface area contributed by atoms with E-state index in [1.807, 2.05) is 23.7 Å². The van der Waals surface area contributed by atoms with E-state index in [1.165, 1.54) is 0 Å². The Balaban J connectivity index is 1.99. The van der Waals surface area contributed by atoms with Crippen molar-refractivity contribution in [2.24, 2.45) is 0 Å². The molecule has 2 heterocycles. The average Bonchev–Trinajstić information content (AvgIpc) is 2.80. The minimum absolute atomic E-state index is 0.0947. The fourth-order valence-corrected chi connectivity index (χ4v) is 2.45. The lowest BCUT2D eigenvalue weighted by molar-refractivity contribution is 0.199. The van der Waals surface area contributed by atoms with Gasteiger partial charge in [0.15, 0.2) is 0 Å². The highest BCUT2D eigenvalue weighted by Crippen LogP contribution is 2.15. The van der Waals surface area contributed by atoms with Gasteiger partial charge < -0.3 is 14.6 Å². The fourth-order valence-electron chi connectivity index (χ4n) is 1.68. The molecule has 1 N–H and O–H groups in total. The quantitative estimate of drug-likeness (QED) is 0.788. The minimum Gasteiger partial charge on any atom is -0.383 e. The Hall–Kier alpha value is -1.17. The second-order valence-corrected chi connectivity index (χ2v) is 4.70. The van der Waals surface area contributed by atoms with Crippen molar-refractivity contribution in [3.8, 4) is 0 Å². The second kappa shape index (κ2) is 5.95. The lowest BCUT2D eigenvalue weighted by atomic mass is 10.3. The predicted octanol–water partition coefficient (Wildman–Crippen LogP) is 1.30. The van der Waals surface area contributed by atoms with Gasteiger partial charge in [-0.15, -0.1) is 11.3 Å². The molecule has 0 amide bonds. The van der Waals surface area contributed by atoms with Gasteiger partial charge in [0.1, 0.15) is 0 Å². The highest BCUT2D eigenvalue weighted by atomic mass is 32.1. The molecule has 2 rings (SSSR count). The summed E-state index contributed by atoms with van der Waals surface area (Å²) in [5, 5.41) is 5.99. The minimum atomic E-state index is 0.0947. The van der Waals surface area contributed by atoms with Gasteiger partial charge in [0, 0.05) is 37.6 Å². The molecule has 0 aliphatic rings. The molecule has 0 saturated heterocycles. The summed E-state index contributed by atoms with van der Waals surface area (Å²) in [5.74, 6) is 0. The third-order valence-electron chi connectivity index (χ3n) is 2.60. The third-order valence-corrected chi connectivity index (χ3v) is 3.49. The van der Waals surface area contributed by atoms with Crippen LogP contribution in [0.3, 0.4) is 0 Å². The van der Waals surface area contributed by atoms with Gasteiger partial charge in [-0.1, -0.05) is 0 Å². The summed E-state index contributed by atoms with van der Waals surface area (Å²) in [6.45, 7) is 2.97. The molecule has 4 nitrogen and oxygen atoms in total. The summed E-state index contributed by atoms with van der Waals surface area (Å²) >= 11 is 1.60. The van der Waals surface area contributed by atoms with Gasteiger partial charge in [-0.3, -0.25) is 4.79 Å². The molecule has 0 aliphatic heterocycles. The number of rotatable bonds is 6. The molecular formula is C12H16N2O2S. The first-order valence-electron chi connectivity index (χ1n) is 5.59. The van der Waals surface area contributed by atoms with Gasteiger partial charge in [0.2, 0.25) is 0 Å². The maximum Gasteiger partial charge on any atom is 0.259 e. The average molecular weight is 252 g/mol. The van der Waals surface area contributed by atoms with E-state index in [0.717, 1.165) is 23.2 Å². The highest BCUT2D eigenvalue weighted by Gasteiger charge is 2.02. The van der Waals surface area contributed by atoms with Crippen LogP contribution in [0.15, 0.2) is 28.5 Å². The fraction of sp³-hybridized carbons (Fsp3) is 0.417. The van der Waals surface area contributed by atoms with E-state index in [4.69, 9.17) is 4.74 Å². The summed E-state index contributed by atoms with van der Waals surface area (Å²) in [5.41, 5.74) is 0.0947. The van der Waals surface area contributed by atoms with Crippen LogP contribution in [0.5, 0.6) is 0 Å². The number of thiophene rings is 1. The summed E-state index contributed by atoms with van der Waals surface area (Å²) in [7, 11) is 1.68. The number of pyridine rings is 1. The number of methoxy groups -OCH3 is 1. The first-order valence-corrected chi connectivity index (χ1v) is 6.47. The molecule has 0 unspecified atom stereocenters. The van der Waals surface area contributed by atoms with Crippen molar-refractivity contribution in [2.75, 3.05) is 26.8 Å². The molecule has 2 aromatic rings. The standard InChI is InChI=1S/C12H16N2O2S/c1-16-8-5-13-4-7-14-6-2-11-10(12(14)15)3-9-17-11/h2-3,6,9,13H,4-5,7-8H2,1H3. The van der Waals surface area contributed by atoms with Crippen LogP contribution < -0.4 is 10.9 Å². The van der Waals surface area contributed by atoms with Gasteiger partial charge in [-0.25, -0.2) is 0 Å². The topological polar surface area (TPSA) is 43.3 Å². The molecule has 0 spiro atoms. The first-order chi connectivity index (χ1) is 8.33. The number of hydrogen-bond acceptors (Lipinski definition) is 4. The zero-order valence-electron chi connectivity index (χ0n) is 9.81. The van der Waals surface area contributed by atoms with Gasteiger partial charge in [0.25, 0.3) is 5.56 Å². The molecule has 0 bridgehead atoms. The van der Waals surface area contributed by atoms with Crippen LogP contribution in [-0.4, -0.2) is 31.4 Å². The van der Waals surface area contributed by atoms with Crippen molar-refractivity contribution in [1.29, 1.82) is 0 Å². The molecule has 0 fully saturated rings. The number of aromatic nitrogens is 1. The van der Waals surface area contributed by atoms with Crippen LogP contribution >= 0.6 is 11.3 Å². The maximum atomic E-state index is 12.0.